The Balaban J connectivity index is 1.71. The molecule has 3 aromatic rings. The van der Waals surface area contributed by atoms with Gasteiger partial charge in [-0.25, -0.2) is 9.37 Å². The number of nitro groups is 1. The molecule has 0 saturated heterocycles. The van der Waals surface area contributed by atoms with Crippen LogP contribution in [0.4, 0.5) is 10.1 Å². The van der Waals surface area contributed by atoms with Gasteiger partial charge in [-0.15, -0.1) is 11.3 Å². The Morgan fingerprint density at radius 2 is 2.25 bits per heavy atom. The summed E-state index contributed by atoms with van der Waals surface area (Å²) in [6.07, 6.45) is 2.05. The van der Waals surface area contributed by atoms with Crippen molar-refractivity contribution in [1.82, 2.24) is 9.97 Å². The number of nitrogens with one attached hydrogen (secondary N) is 1. The van der Waals surface area contributed by atoms with E-state index in [1.165, 1.54) is 16.2 Å². The van der Waals surface area contributed by atoms with Gasteiger partial charge in [0.2, 0.25) is 5.75 Å². The molecule has 0 fully saturated rings. The Morgan fingerprint density at radius 3 is 3.00 bits per heavy atom. The zero-order chi connectivity index (χ0) is 20.0. The maximum atomic E-state index is 13.5. The molecule has 0 spiro atoms. The number of hydrogen-bond acceptors (Lipinski definition) is 6. The number of nitro benzene ring substituents is 1. The average molecular weight is 403 g/mol. The molecule has 1 aliphatic carbocycles. The standard InChI is InChI=1S/C19H18FN3O4S/c1-9-3-5-12-15(7-9)28-19-16(12)18(24)21-17(22-19)10(2)27-14-8-11(20)4-6-13(14)23(25)26/h4,6,8-10H,3,5,7H2,1-2H3,(H,21,22,24)/t9-,10+/m0/s1. The quantitative estimate of drug-likeness (QED) is 0.517. The number of nitrogens with zero attached hydrogens (tertiary/aromatic N) is 2. The van der Waals surface area contributed by atoms with Crippen molar-refractivity contribution in [2.24, 2.45) is 5.92 Å². The number of fused-ring (bicyclic) bond motifs is 3. The van der Waals surface area contributed by atoms with Crippen molar-refractivity contribution < 1.29 is 14.1 Å². The van der Waals surface area contributed by atoms with Crippen LogP contribution in [0.2, 0.25) is 0 Å². The number of aromatic nitrogens is 2. The molecule has 9 heteroatoms. The van der Waals surface area contributed by atoms with E-state index in [0.717, 1.165) is 43.0 Å². The van der Waals surface area contributed by atoms with Crippen molar-refractivity contribution in [3.8, 4) is 5.75 Å². The van der Waals surface area contributed by atoms with E-state index >= 15 is 0 Å². The van der Waals surface area contributed by atoms with Gasteiger partial charge in [0.15, 0.2) is 11.9 Å². The van der Waals surface area contributed by atoms with Crippen LogP contribution in [-0.4, -0.2) is 14.9 Å². The minimum Gasteiger partial charge on any atom is -0.476 e. The number of aromatic amines is 1. The minimum absolute atomic E-state index is 0.209. The molecule has 0 radical (unpaired) electrons. The summed E-state index contributed by atoms with van der Waals surface area (Å²) in [5.41, 5.74) is 0.487. The van der Waals surface area contributed by atoms with E-state index in [-0.39, 0.29) is 22.8 Å². The molecular formula is C19H18FN3O4S. The number of halogens is 1. The Morgan fingerprint density at radius 1 is 1.46 bits per heavy atom. The summed E-state index contributed by atoms with van der Waals surface area (Å²) in [6.45, 7) is 3.80. The lowest BCUT2D eigenvalue weighted by molar-refractivity contribution is -0.386. The normalized spacial score (nSPS) is 17.3. The van der Waals surface area contributed by atoms with Crippen LogP contribution >= 0.6 is 11.3 Å². The maximum absolute atomic E-state index is 13.5. The van der Waals surface area contributed by atoms with Crippen LogP contribution in [0, 0.1) is 21.8 Å². The van der Waals surface area contributed by atoms with E-state index in [9.17, 15) is 19.3 Å². The predicted octanol–water partition coefficient (Wildman–Crippen LogP) is 4.30. The average Bonchev–Trinajstić information content (AvgIpc) is 2.99. The van der Waals surface area contributed by atoms with Gasteiger partial charge in [0.25, 0.3) is 5.56 Å². The van der Waals surface area contributed by atoms with Gasteiger partial charge >= 0.3 is 5.69 Å². The molecule has 0 amide bonds. The zero-order valence-corrected chi connectivity index (χ0v) is 16.1. The van der Waals surface area contributed by atoms with Gasteiger partial charge in [0.05, 0.1) is 10.3 Å². The third-order valence-corrected chi connectivity index (χ3v) is 6.14. The first kappa shape index (κ1) is 18.5. The molecule has 2 heterocycles. The summed E-state index contributed by atoms with van der Waals surface area (Å²) in [5, 5.41) is 11.8. The number of hydrogen-bond donors (Lipinski definition) is 1. The number of H-pyrrole nitrogens is 1. The highest BCUT2D eigenvalue weighted by molar-refractivity contribution is 7.18. The van der Waals surface area contributed by atoms with Crippen molar-refractivity contribution >= 4 is 27.2 Å². The molecule has 1 N–H and O–H groups in total. The number of ether oxygens (including phenoxy) is 1. The van der Waals surface area contributed by atoms with Crippen LogP contribution in [0.15, 0.2) is 23.0 Å². The Bertz CT molecular complexity index is 1140. The van der Waals surface area contributed by atoms with Crippen LogP contribution in [0.1, 0.15) is 42.6 Å². The molecular weight excluding hydrogens is 385 g/mol. The molecule has 0 unspecified atom stereocenters. The molecule has 146 valence electrons. The number of rotatable bonds is 4. The Labute approximate surface area is 163 Å². The fourth-order valence-electron chi connectivity index (χ4n) is 3.54. The van der Waals surface area contributed by atoms with Gasteiger partial charge in [0, 0.05) is 17.0 Å². The summed E-state index contributed by atoms with van der Waals surface area (Å²) < 4.78 is 19.1. The summed E-state index contributed by atoms with van der Waals surface area (Å²) in [5.74, 6) is -0.0260. The Hall–Kier alpha value is -2.81. The molecule has 0 aliphatic heterocycles. The highest BCUT2D eigenvalue weighted by Crippen LogP contribution is 2.36. The van der Waals surface area contributed by atoms with Gasteiger partial charge < -0.3 is 9.72 Å². The topological polar surface area (TPSA) is 98.1 Å². The lowest BCUT2D eigenvalue weighted by Gasteiger charge is -2.17. The molecule has 2 atom stereocenters. The lowest BCUT2D eigenvalue weighted by Crippen LogP contribution is -2.17. The van der Waals surface area contributed by atoms with Crippen LogP contribution in [0.5, 0.6) is 5.75 Å². The van der Waals surface area contributed by atoms with Gasteiger partial charge in [-0.05, 0) is 43.7 Å². The molecule has 4 rings (SSSR count). The molecule has 0 saturated carbocycles. The summed E-state index contributed by atoms with van der Waals surface area (Å²) in [6, 6.07) is 3.00. The molecule has 0 bridgehead atoms. The third kappa shape index (κ3) is 3.26. The second kappa shape index (κ2) is 6.97. The van der Waals surface area contributed by atoms with Crippen LogP contribution in [0.3, 0.4) is 0 Å². The van der Waals surface area contributed by atoms with E-state index in [1.807, 2.05) is 0 Å². The van der Waals surface area contributed by atoms with E-state index in [0.29, 0.717) is 16.1 Å². The van der Waals surface area contributed by atoms with Gasteiger partial charge in [-0.1, -0.05) is 6.92 Å². The molecule has 2 aromatic heterocycles. The third-order valence-electron chi connectivity index (χ3n) is 4.99. The molecule has 28 heavy (non-hydrogen) atoms. The van der Waals surface area contributed by atoms with Crippen molar-refractivity contribution in [3.63, 3.8) is 0 Å². The second-order valence-electron chi connectivity index (χ2n) is 7.11. The minimum atomic E-state index is -0.796. The van der Waals surface area contributed by atoms with Gasteiger partial charge in [-0.3, -0.25) is 14.9 Å². The maximum Gasteiger partial charge on any atom is 0.311 e. The highest BCUT2D eigenvalue weighted by atomic mass is 32.1. The fraction of sp³-hybridized carbons (Fsp3) is 0.368. The van der Waals surface area contributed by atoms with Crippen LogP contribution < -0.4 is 10.3 Å². The van der Waals surface area contributed by atoms with Crippen molar-refractivity contribution in [2.45, 2.75) is 39.2 Å². The second-order valence-corrected chi connectivity index (χ2v) is 8.20. The van der Waals surface area contributed by atoms with Crippen LogP contribution in [0.25, 0.3) is 10.2 Å². The Kier molecular flexibility index (Phi) is 4.62. The van der Waals surface area contributed by atoms with E-state index in [4.69, 9.17) is 4.74 Å². The largest absolute Gasteiger partial charge is 0.476 e. The number of thiophene rings is 1. The zero-order valence-electron chi connectivity index (χ0n) is 15.3. The summed E-state index contributed by atoms with van der Waals surface area (Å²) in [7, 11) is 0. The molecule has 1 aliphatic rings. The van der Waals surface area contributed by atoms with Gasteiger partial charge in [-0.2, -0.15) is 0 Å². The van der Waals surface area contributed by atoms with E-state index < -0.39 is 16.8 Å². The van der Waals surface area contributed by atoms with E-state index in [1.54, 1.807) is 6.92 Å². The number of benzene rings is 1. The predicted molar refractivity (Wildman–Crippen MR) is 104 cm³/mol. The molecule has 1 aromatic carbocycles. The number of aryl methyl sites for hydroxylation is 1. The van der Waals surface area contributed by atoms with E-state index in [2.05, 4.69) is 16.9 Å². The van der Waals surface area contributed by atoms with Crippen LogP contribution in [-0.2, 0) is 12.8 Å². The summed E-state index contributed by atoms with van der Waals surface area (Å²) in [4.78, 5) is 32.3. The lowest BCUT2D eigenvalue weighted by atomic mass is 9.89. The molecule has 7 nitrogen and oxygen atoms in total. The van der Waals surface area contributed by atoms with Crippen molar-refractivity contribution in [3.05, 3.63) is 60.7 Å². The first-order chi connectivity index (χ1) is 13.3. The van der Waals surface area contributed by atoms with Crippen molar-refractivity contribution in [1.29, 1.82) is 0 Å². The monoisotopic (exact) mass is 403 g/mol. The fourth-order valence-corrected chi connectivity index (χ4v) is 4.93. The van der Waals surface area contributed by atoms with Gasteiger partial charge in [0.1, 0.15) is 10.6 Å². The van der Waals surface area contributed by atoms with Crippen molar-refractivity contribution in [2.75, 3.05) is 0 Å². The first-order valence-electron chi connectivity index (χ1n) is 8.98. The first-order valence-corrected chi connectivity index (χ1v) is 9.80. The highest BCUT2D eigenvalue weighted by Gasteiger charge is 2.25. The summed E-state index contributed by atoms with van der Waals surface area (Å²) >= 11 is 1.51. The smallest absolute Gasteiger partial charge is 0.311 e. The SMILES string of the molecule is C[C@H]1CCc2c(sc3nc([C@@H](C)Oc4cc(F)ccc4[N+](=O)[O-])[nH]c(=O)c23)C1.